The highest BCUT2D eigenvalue weighted by molar-refractivity contribution is 5.97. The summed E-state index contributed by atoms with van der Waals surface area (Å²) >= 11 is 0. The van der Waals surface area contributed by atoms with Gasteiger partial charge in [0, 0.05) is 0 Å². The largest absolute Gasteiger partial charge is 0.340 e. The van der Waals surface area contributed by atoms with E-state index in [0.717, 1.165) is 0 Å². The molecule has 0 saturated heterocycles. The summed E-state index contributed by atoms with van der Waals surface area (Å²) in [5.74, 6) is -1.91. The van der Waals surface area contributed by atoms with Crippen LogP contribution in [0.3, 0.4) is 0 Å². The molecule has 0 fully saturated rings. The van der Waals surface area contributed by atoms with E-state index in [2.05, 4.69) is 15.6 Å². The summed E-state index contributed by atoms with van der Waals surface area (Å²) in [5.41, 5.74) is 2.05. The van der Waals surface area contributed by atoms with Gasteiger partial charge in [-0.05, 0) is 18.1 Å². The molecule has 0 aliphatic carbocycles. The van der Waals surface area contributed by atoms with Gasteiger partial charge in [0.05, 0.1) is 12.7 Å². The van der Waals surface area contributed by atoms with Crippen molar-refractivity contribution in [2.24, 2.45) is 5.92 Å². The Hall–Kier alpha value is -1.95. The third kappa shape index (κ3) is 4.03. The van der Waals surface area contributed by atoms with Crippen LogP contribution in [0.4, 0.5) is 4.39 Å². The van der Waals surface area contributed by atoms with Crippen LogP contribution in [0.1, 0.15) is 24.2 Å². The second-order valence-electron chi connectivity index (χ2n) is 4.35. The van der Waals surface area contributed by atoms with Crippen molar-refractivity contribution in [2.45, 2.75) is 19.9 Å². The maximum atomic E-state index is 13.5. The van der Waals surface area contributed by atoms with Crippen LogP contribution in [0, 0.1) is 11.7 Å². The Bertz CT molecular complexity index is 463. The molecule has 1 atom stereocenters. The van der Waals surface area contributed by atoms with E-state index in [1.807, 2.05) is 0 Å². The minimum Gasteiger partial charge on any atom is -0.340 e. The van der Waals surface area contributed by atoms with E-state index < -0.39 is 23.7 Å². The summed E-state index contributed by atoms with van der Waals surface area (Å²) in [5, 5.41) is 2.49. The smallest absolute Gasteiger partial charge is 0.266 e. The summed E-state index contributed by atoms with van der Waals surface area (Å²) in [4.78, 5) is 28.1. The Morgan fingerprint density at radius 1 is 1.26 bits per heavy atom. The summed E-state index contributed by atoms with van der Waals surface area (Å²) in [7, 11) is 1.30. The highest BCUT2D eigenvalue weighted by atomic mass is 19.1. The molecule has 0 aromatic heterocycles. The van der Waals surface area contributed by atoms with Gasteiger partial charge in [0.25, 0.3) is 11.8 Å². The van der Waals surface area contributed by atoms with E-state index in [4.69, 9.17) is 0 Å². The average molecular weight is 268 g/mol. The molecule has 0 heterocycles. The zero-order valence-corrected chi connectivity index (χ0v) is 11.1. The fourth-order valence-corrected chi connectivity index (χ4v) is 1.56. The first-order valence-electron chi connectivity index (χ1n) is 5.85. The van der Waals surface area contributed by atoms with Gasteiger partial charge in [-0.1, -0.05) is 26.0 Å². The van der Waals surface area contributed by atoms with Crippen LogP contribution in [0.15, 0.2) is 24.3 Å². The highest BCUT2D eigenvalue weighted by Crippen LogP contribution is 2.08. The van der Waals surface area contributed by atoms with Gasteiger partial charge in [0.1, 0.15) is 11.9 Å². The number of halogens is 1. The molecule has 0 saturated carbocycles. The third-order valence-electron chi connectivity index (χ3n) is 2.56. The average Bonchev–Trinajstić information content (AvgIpc) is 2.36. The van der Waals surface area contributed by atoms with Crippen LogP contribution >= 0.6 is 0 Å². The third-order valence-corrected chi connectivity index (χ3v) is 2.56. The lowest BCUT2D eigenvalue weighted by atomic mass is 10.0. The van der Waals surface area contributed by atoms with E-state index in [1.165, 1.54) is 25.3 Å². The zero-order chi connectivity index (χ0) is 14.4. The molecule has 104 valence electrons. The molecule has 1 rings (SSSR count). The number of rotatable bonds is 5. The Labute approximate surface area is 111 Å². The number of benzene rings is 1. The molecule has 2 N–H and O–H groups in total. The fourth-order valence-electron chi connectivity index (χ4n) is 1.56. The Morgan fingerprint density at radius 2 is 1.89 bits per heavy atom. The predicted molar refractivity (Wildman–Crippen MR) is 67.6 cm³/mol. The Balaban J connectivity index is 2.83. The van der Waals surface area contributed by atoms with E-state index in [-0.39, 0.29) is 11.5 Å². The van der Waals surface area contributed by atoms with Crippen molar-refractivity contribution < 1.29 is 18.8 Å². The summed E-state index contributed by atoms with van der Waals surface area (Å²) < 4.78 is 13.5. The summed E-state index contributed by atoms with van der Waals surface area (Å²) in [6, 6.07) is 4.79. The predicted octanol–water partition coefficient (Wildman–Crippen LogP) is 1.26. The van der Waals surface area contributed by atoms with E-state index in [0.29, 0.717) is 0 Å². The standard InChI is InChI=1S/C13H17FN2O3/c1-8(2)11(13(18)16-19-3)15-12(17)9-6-4-5-7-10(9)14/h4-8,11H,1-3H3,(H,15,17)(H,16,18)/t11-/m0/s1. The van der Waals surface area contributed by atoms with Crippen LogP contribution in [0.5, 0.6) is 0 Å². The lowest BCUT2D eigenvalue weighted by molar-refractivity contribution is -0.134. The van der Waals surface area contributed by atoms with Crippen molar-refractivity contribution in [3.05, 3.63) is 35.6 Å². The number of hydrogen-bond donors (Lipinski definition) is 2. The molecule has 0 bridgehead atoms. The number of hydrogen-bond acceptors (Lipinski definition) is 3. The second-order valence-corrected chi connectivity index (χ2v) is 4.35. The first-order chi connectivity index (χ1) is 8.97. The van der Waals surface area contributed by atoms with Crippen LogP contribution in [0.2, 0.25) is 0 Å². The molecule has 0 radical (unpaired) electrons. The maximum Gasteiger partial charge on any atom is 0.266 e. The molecule has 1 aromatic rings. The van der Waals surface area contributed by atoms with Crippen molar-refractivity contribution in [3.63, 3.8) is 0 Å². The molecule has 0 unspecified atom stereocenters. The van der Waals surface area contributed by atoms with Crippen LogP contribution < -0.4 is 10.8 Å². The number of amides is 2. The quantitative estimate of drug-likeness (QED) is 0.790. The monoisotopic (exact) mass is 268 g/mol. The van der Waals surface area contributed by atoms with Crippen LogP contribution in [-0.4, -0.2) is 25.0 Å². The maximum absolute atomic E-state index is 13.5. The highest BCUT2D eigenvalue weighted by Gasteiger charge is 2.25. The minimum absolute atomic E-state index is 0.0987. The molecule has 1 aromatic carbocycles. The molecular formula is C13H17FN2O3. The lowest BCUT2D eigenvalue weighted by Crippen LogP contribution is -2.49. The van der Waals surface area contributed by atoms with Gasteiger partial charge in [-0.2, -0.15) is 0 Å². The van der Waals surface area contributed by atoms with Crippen LogP contribution in [-0.2, 0) is 9.63 Å². The molecule has 0 aliphatic heterocycles. The molecular weight excluding hydrogens is 251 g/mol. The van der Waals surface area contributed by atoms with Crippen molar-refractivity contribution >= 4 is 11.8 Å². The van der Waals surface area contributed by atoms with Crippen molar-refractivity contribution in [3.8, 4) is 0 Å². The normalized spacial score (nSPS) is 12.1. The summed E-state index contributed by atoms with van der Waals surface area (Å²) in [6.07, 6.45) is 0. The molecule has 2 amide bonds. The first kappa shape index (κ1) is 15.1. The van der Waals surface area contributed by atoms with E-state index in [9.17, 15) is 14.0 Å². The van der Waals surface area contributed by atoms with Gasteiger partial charge in [-0.3, -0.25) is 14.4 Å². The van der Waals surface area contributed by atoms with E-state index >= 15 is 0 Å². The van der Waals surface area contributed by atoms with Crippen molar-refractivity contribution in [1.29, 1.82) is 0 Å². The molecule has 0 spiro atoms. The van der Waals surface area contributed by atoms with Crippen LogP contribution in [0.25, 0.3) is 0 Å². The van der Waals surface area contributed by atoms with Gasteiger partial charge in [0.2, 0.25) is 0 Å². The lowest BCUT2D eigenvalue weighted by Gasteiger charge is -2.21. The minimum atomic E-state index is -0.799. The van der Waals surface area contributed by atoms with Crippen molar-refractivity contribution in [1.82, 2.24) is 10.8 Å². The zero-order valence-electron chi connectivity index (χ0n) is 11.1. The first-order valence-corrected chi connectivity index (χ1v) is 5.85. The number of nitrogens with one attached hydrogen (secondary N) is 2. The van der Waals surface area contributed by atoms with Gasteiger partial charge >= 0.3 is 0 Å². The fraction of sp³-hybridized carbons (Fsp3) is 0.385. The van der Waals surface area contributed by atoms with E-state index in [1.54, 1.807) is 19.9 Å². The number of carbonyl (C=O) groups excluding carboxylic acids is 2. The topological polar surface area (TPSA) is 67.4 Å². The molecule has 0 aliphatic rings. The second kappa shape index (κ2) is 6.84. The Morgan fingerprint density at radius 3 is 2.42 bits per heavy atom. The van der Waals surface area contributed by atoms with Gasteiger partial charge in [-0.15, -0.1) is 0 Å². The van der Waals surface area contributed by atoms with Gasteiger partial charge in [0.15, 0.2) is 0 Å². The number of hydroxylamine groups is 1. The SMILES string of the molecule is CONC(=O)[C@@H](NC(=O)c1ccccc1F)C(C)C. The molecule has 19 heavy (non-hydrogen) atoms. The van der Waals surface area contributed by atoms with Crippen molar-refractivity contribution in [2.75, 3.05) is 7.11 Å². The van der Waals surface area contributed by atoms with Gasteiger partial charge in [-0.25, -0.2) is 9.87 Å². The Kier molecular flexibility index (Phi) is 5.44. The molecule has 6 heteroatoms. The molecule has 5 nitrogen and oxygen atoms in total. The summed E-state index contributed by atoms with van der Waals surface area (Å²) in [6.45, 7) is 3.53. The van der Waals surface area contributed by atoms with Gasteiger partial charge < -0.3 is 5.32 Å². The number of carbonyl (C=O) groups is 2.